The Balaban J connectivity index is 1.52. The van der Waals surface area contributed by atoms with Gasteiger partial charge in [-0.25, -0.2) is 9.13 Å². The molecule has 3 rings (SSSR count). The van der Waals surface area contributed by atoms with Crippen LogP contribution in [0.3, 0.4) is 0 Å². The maximum atomic E-state index is 13.6. The van der Waals surface area contributed by atoms with Gasteiger partial charge in [-0.3, -0.25) is 32.5 Å². The second-order valence-corrected chi connectivity index (χ2v) is 22.5. The van der Waals surface area contributed by atoms with Crippen molar-refractivity contribution in [2.24, 2.45) is 23.7 Å². The van der Waals surface area contributed by atoms with Gasteiger partial charge < -0.3 is 104 Å². The lowest BCUT2D eigenvalue weighted by atomic mass is 9.92. The van der Waals surface area contributed by atoms with Crippen molar-refractivity contribution in [3.8, 4) is 0 Å². The molecule has 464 valence electrons. The van der Waals surface area contributed by atoms with E-state index in [1.54, 1.807) is 20.8 Å². The van der Waals surface area contributed by atoms with Crippen molar-refractivity contribution < 1.29 is 136 Å². The van der Waals surface area contributed by atoms with Crippen molar-refractivity contribution >= 4 is 33.2 Å². The summed E-state index contributed by atoms with van der Waals surface area (Å²) in [5.74, 6) is -4.25. The maximum absolute atomic E-state index is 13.6. The number of Topliss-reactive ketones (excluding diaryl/α,β-unsaturated/α-hetero) is 1. The van der Waals surface area contributed by atoms with Crippen LogP contribution in [0.15, 0.2) is 0 Å². The lowest BCUT2D eigenvalue weighted by Gasteiger charge is -2.40. The molecule has 0 spiro atoms. The minimum atomic E-state index is -4.82. The number of phosphoric ester groups is 2. The molecule has 3 fully saturated rings. The average molecular weight is 1190 g/mol. The molecule has 30 nitrogen and oxygen atoms in total. The molecule has 79 heavy (non-hydrogen) atoms. The van der Waals surface area contributed by atoms with E-state index in [2.05, 4.69) is 0 Å². The highest BCUT2D eigenvalue weighted by atomic mass is 31.2. The molecule has 0 bridgehead atoms. The van der Waals surface area contributed by atoms with E-state index in [4.69, 9.17) is 51.3 Å². The van der Waals surface area contributed by atoms with Gasteiger partial charge in [-0.1, -0.05) is 20.8 Å². The Morgan fingerprint density at radius 3 is 1.15 bits per heavy atom. The summed E-state index contributed by atoms with van der Waals surface area (Å²) in [6.45, 7) is 0.193. The van der Waals surface area contributed by atoms with Gasteiger partial charge in [0, 0.05) is 76.2 Å². The lowest BCUT2D eigenvalue weighted by Crippen LogP contribution is -2.55. The van der Waals surface area contributed by atoms with Gasteiger partial charge >= 0.3 is 15.6 Å². The van der Waals surface area contributed by atoms with E-state index in [0.717, 1.165) is 0 Å². The molecule has 3 aliphatic heterocycles. The highest BCUT2D eigenvalue weighted by Gasteiger charge is 2.45. The molecular weight excluding hydrogens is 1100 g/mol. The van der Waals surface area contributed by atoms with Crippen molar-refractivity contribution in [2.45, 2.75) is 146 Å². The van der Waals surface area contributed by atoms with Crippen LogP contribution in [-0.2, 0) is 74.8 Å². The summed E-state index contributed by atoms with van der Waals surface area (Å²) in [6, 6.07) is 0. The quantitative estimate of drug-likeness (QED) is 0.0217. The van der Waals surface area contributed by atoms with Crippen molar-refractivity contribution in [1.82, 2.24) is 9.80 Å². The highest BCUT2D eigenvalue weighted by molar-refractivity contribution is 7.47. The number of nitrogens with zero attached hydrogens (tertiary/aromatic N) is 2. The zero-order valence-corrected chi connectivity index (χ0v) is 47.2. The van der Waals surface area contributed by atoms with Crippen LogP contribution in [0.5, 0.6) is 0 Å². The van der Waals surface area contributed by atoms with Crippen LogP contribution in [0.1, 0.15) is 72.1 Å². The number of hydrogen-bond donors (Lipinski definition) is 12. The number of carbonyl (C=O) groups excluding carboxylic acids is 3. The van der Waals surface area contributed by atoms with Crippen LogP contribution in [0.25, 0.3) is 0 Å². The summed E-state index contributed by atoms with van der Waals surface area (Å²) in [5, 5.41) is 99.2. The number of carbonyl (C=O) groups is 3. The first-order valence-corrected chi connectivity index (χ1v) is 29.6. The number of hydrogen-bond acceptors (Lipinski definition) is 26. The number of aliphatic hydroxyl groups is 10. The molecule has 0 aromatic carbocycles. The number of rotatable bonds is 40. The largest absolute Gasteiger partial charge is 0.472 e. The first-order chi connectivity index (χ1) is 37.5. The van der Waals surface area contributed by atoms with Gasteiger partial charge in [0.05, 0.1) is 97.6 Å². The minimum Gasteiger partial charge on any atom is -0.395 e. The summed E-state index contributed by atoms with van der Waals surface area (Å²) in [6.07, 6.45) is -14.1. The Kier molecular flexibility index (Phi) is 33.2. The fourth-order valence-corrected chi connectivity index (χ4v) is 10.2. The second-order valence-electron chi connectivity index (χ2n) is 19.6. The molecule has 9 unspecified atom stereocenters. The molecule has 0 aliphatic carbocycles. The smallest absolute Gasteiger partial charge is 0.395 e. The van der Waals surface area contributed by atoms with Gasteiger partial charge in [-0.05, 0) is 32.1 Å². The van der Waals surface area contributed by atoms with E-state index in [0.29, 0.717) is 0 Å². The van der Waals surface area contributed by atoms with Gasteiger partial charge in [-0.2, -0.15) is 0 Å². The number of amides is 2. The molecule has 0 aromatic rings. The average Bonchev–Trinajstić information content (AvgIpc) is 3.43. The minimum absolute atomic E-state index is 0.00917. The summed E-state index contributed by atoms with van der Waals surface area (Å²) in [4.78, 5) is 63.3. The number of methoxy groups -OCH3 is 1. The van der Waals surface area contributed by atoms with Crippen LogP contribution in [-0.4, -0.2) is 275 Å². The number of phosphoric acid groups is 2. The van der Waals surface area contributed by atoms with Crippen molar-refractivity contribution in [1.29, 1.82) is 0 Å². The maximum Gasteiger partial charge on any atom is 0.472 e. The Bertz CT molecular complexity index is 1840. The summed E-state index contributed by atoms with van der Waals surface area (Å²) < 4.78 is 85.2. The van der Waals surface area contributed by atoms with Gasteiger partial charge in [0.1, 0.15) is 42.4 Å². The Morgan fingerprint density at radius 2 is 0.810 bits per heavy atom. The monoisotopic (exact) mass is 1190 g/mol. The van der Waals surface area contributed by atoms with E-state index in [1.165, 1.54) is 16.9 Å². The van der Waals surface area contributed by atoms with E-state index in [-0.39, 0.29) is 110 Å². The topological polar surface area (TPSA) is 436 Å². The predicted octanol–water partition coefficient (Wildman–Crippen LogP) is -2.87. The summed E-state index contributed by atoms with van der Waals surface area (Å²) in [5.41, 5.74) is 0. The van der Waals surface area contributed by atoms with Gasteiger partial charge in [0.2, 0.25) is 11.8 Å². The Hall–Kier alpha value is -1.85. The van der Waals surface area contributed by atoms with Crippen LogP contribution >= 0.6 is 15.6 Å². The highest BCUT2D eigenvalue weighted by Crippen LogP contribution is 2.45. The molecule has 0 saturated carbocycles. The fourth-order valence-electron chi connectivity index (χ4n) is 8.78. The molecule has 0 radical (unpaired) electrons. The molecular formula is C47H88N2O28P2. The third-order valence-electron chi connectivity index (χ3n) is 13.8. The second kappa shape index (κ2) is 36.8. The molecule has 32 heteroatoms. The molecule has 3 heterocycles. The zero-order valence-electron chi connectivity index (χ0n) is 45.4. The van der Waals surface area contributed by atoms with Crippen LogP contribution in [0.4, 0.5) is 0 Å². The Morgan fingerprint density at radius 1 is 0.481 bits per heavy atom. The van der Waals surface area contributed by atoms with Gasteiger partial charge in [0.25, 0.3) is 0 Å². The first-order valence-electron chi connectivity index (χ1n) is 26.6. The number of ketones is 1. The molecule has 0 aromatic heterocycles. The van der Waals surface area contributed by atoms with Crippen molar-refractivity contribution in [3.05, 3.63) is 0 Å². The third kappa shape index (κ3) is 24.0. The predicted molar refractivity (Wildman–Crippen MR) is 270 cm³/mol. The summed E-state index contributed by atoms with van der Waals surface area (Å²) in [7, 11) is -8.21. The Labute approximate surface area is 459 Å². The van der Waals surface area contributed by atoms with Crippen molar-refractivity contribution in [3.63, 3.8) is 0 Å². The van der Waals surface area contributed by atoms with E-state index < -0.39 is 178 Å². The van der Waals surface area contributed by atoms with E-state index in [1.807, 2.05) is 0 Å². The third-order valence-corrected chi connectivity index (χ3v) is 15.9. The number of aliphatic hydroxyl groups excluding tert-OH is 10. The van der Waals surface area contributed by atoms with Gasteiger partial charge in [-0.15, -0.1) is 0 Å². The van der Waals surface area contributed by atoms with Crippen molar-refractivity contribution in [2.75, 3.05) is 113 Å². The van der Waals surface area contributed by atoms with E-state index in [9.17, 15) is 84.4 Å². The first kappa shape index (κ1) is 71.4. The normalized spacial score (nSPS) is 31.3. The van der Waals surface area contributed by atoms with Crippen LogP contribution in [0.2, 0.25) is 0 Å². The number of ether oxygens (including phenoxy) is 7. The van der Waals surface area contributed by atoms with Crippen LogP contribution in [0, 0.1) is 23.7 Å². The van der Waals surface area contributed by atoms with Crippen LogP contribution < -0.4 is 0 Å². The zero-order chi connectivity index (χ0) is 58.9. The SMILES string of the molecule is COCCN(CCOP(=O)(O)OCCC(CCOP(=O)(O)OCCN(CCO)C(=O)CCCO[C@@H]1OC(CO)[C@H](O)[C@H](O)C1C)C(=O)CCCO[C@@H]1OC(CO)[C@H](O)[C@H](O)C1C)C(=O)CCCO[C@@H]1OC(CO)[C@H](O)[C@H](O)C1C. The molecule has 12 N–H and O–H groups in total. The standard InChI is InChI=1S/C47H88N2O28P2/c1-29-39(57)42(60)34(26-51)75-45(29)68-18-5-8-33(54)32(11-21-71-78(63,64)73-24-15-48(13-17-50)37(55)9-6-19-69-46-30(2)40(58)43(61)35(27-52)76-46)12-22-72-79(65,66)74-25-16-49(14-23-67-4)38(56)10-7-20-70-47-31(3)41(59)44(62)36(28-53)77-47/h29-32,34-36,39-47,50-53,57-62H,5-28H2,1-4H3,(H,63,64)(H,65,66)/t29?,30?,31?,32?,34?,35?,36?,39-,40-,41-,42+,43+,44+,45-,46-,47-/m1/s1. The molecule has 3 aliphatic rings. The van der Waals surface area contributed by atoms with E-state index >= 15 is 0 Å². The molecule has 3 saturated heterocycles. The molecule has 18 atom stereocenters. The van der Waals surface area contributed by atoms with Gasteiger partial charge in [0.15, 0.2) is 18.9 Å². The molecule has 2 amide bonds. The summed E-state index contributed by atoms with van der Waals surface area (Å²) >= 11 is 0. The lowest BCUT2D eigenvalue weighted by molar-refractivity contribution is -0.282. The fraction of sp³-hybridized carbons (Fsp3) is 0.936.